The van der Waals surface area contributed by atoms with Gasteiger partial charge in [0.1, 0.15) is 11.6 Å². The molecule has 1 N–H and O–H groups in total. The van der Waals surface area contributed by atoms with E-state index in [0.29, 0.717) is 53.4 Å². The van der Waals surface area contributed by atoms with Crippen LogP contribution in [0.4, 0.5) is 4.39 Å². The number of nitrogens with one attached hydrogen (secondary N) is 1. The molecule has 1 aromatic heterocycles. The van der Waals surface area contributed by atoms with E-state index in [9.17, 15) is 9.18 Å². The number of nitrogens with zero attached hydrogens (tertiary/aromatic N) is 3. The Kier molecular flexibility index (Phi) is 6.85. The van der Waals surface area contributed by atoms with Crippen LogP contribution in [-0.2, 0) is 19.6 Å². The third kappa shape index (κ3) is 5.22. The first kappa shape index (κ1) is 23.0. The first-order chi connectivity index (χ1) is 16.5. The molecule has 0 radical (unpaired) electrons. The van der Waals surface area contributed by atoms with Gasteiger partial charge < -0.3 is 14.5 Å². The van der Waals surface area contributed by atoms with Crippen LogP contribution in [0.5, 0.6) is 11.5 Å². The van der Waals surface area contributed by atoms with Crippen LogP contribution in [0.3, 0.4) is 0 Å². The SMILES string of the molecule is COc1cc2nc(CN(Cc3ccc(C#N)cc3)Cc3cccc(F)c3)[nH]c(=O)c2cc1OC. The Bertz CT molecular complexity index is 1410. The molecule has 0 bridgehead atoms. The molecule has 0 atom stereocenters. The lowest BCUT2D eigenvalue weighted by Gasteiger charge is -2.22. The Morgan fingerprint density at radius 2 is 1.68 bits per heavy atom. The number of aromatic amines is 1. The fourth-order valence-electron chi connectivity index (χ4n) is 3.81. The highest BCUT2D eigenvalue weighted by Gasteiger charge is 2.14. The van der Waals surface area contributed by atoms with Crippen molar-refractivity contribution in [1.29, 1.82) is 5.26 Å². The van der Waals surface area contributed by atoms with Crippen LogP contribution < -0.4 is 15.0 Å². The average molecular weight is 458 g/mol. The maximum absolute atomic E-state index is 13.8. The summed E-state index contributed by atoms with van der Waals surface area (Å²) < 4.78 is 24.4. The highest BCUT2D eigenvalue weighted by atomic mass is 19.1. The van der Waals surface area contributed by atoms with E-state index in [1.165, 1.54) is 26.4 Å². The van der Waals surface area contributed by atoms with Gasteiger partial charge in [0.15, 0.2) is 11.5 Å². The van der Waals surface area contributed by atoms with Gasteiger partial charge in [0.2, 0.25) is 0 Å². The zero-order valence-corrected chi connectivity index (χ0v) is 18.8. The van der Waals surface area contributed by atoms with Crippen molar-refractivity contribution in [3.05, 3.63) is 99.3 Å². The van der Waals surface area contributed by atoms with Gasteiger partial charge in [-0.25, -0.2) is 9.37 Å². The van der Waals surface area contributed by atoms with Crippen LogP contribution in [0.25, 0.3) is 10.9 Å². The first-order valence-electron chi connectivity index (χ1n) is 10.6. The summed E-state index contributed by atoms with van der Waals surface area (Å²) in [4.78, 5) is 22.3. The number of rotatable bonds is 8. The standard InChI is InChI=1S/C26H23FN4O3/c1-33-23-11-21-22(12-24(23)34-2)29-25(30-26(21)32)16-31(15-19-4-3-5-20(27)10-19)14-18-8-6-17(13-28)7-9-18/h3-12H,14-16H2,1-2H3,(H,29,30,32). The van der Waals surface area contributed by atoms with Crippen molar-refractivity contribution < 1.29 is 13.9 Å². The van der Waals surface area contributed by atoms with E-state index in [0.717, 1.165) is 11.1 Å². The molecule has 0 spiro atoms. The van der Waals surface area contributed by atoms with Crippen LogP contribution in [-0.4, -0.2) is 29.1 Å². The number of halogens is 1. The number of hydrogen-bond acceptors (Lipinski definition) is 6. The molecule has 0 unspecified atom stereocenters. The summed E-state index contributed by atoms with van der Waals surface area (Å²) in [6.45, 7) is 1.26. The van der Waals surface area contributed by atoms with Gasteiger partial charge in [-0.1, -0.05) is 24.3 Å². The molecule has 3 aromatic carbocycles. The quantitative estimate of drug-likeness (QED) is 0.427. The normalized spacial score (nSPS) is 10.9. The summed E-state index contributed by atoms with van der Waals surface area (Å²) >= 11 is 0. The van der Waals surface area contributed by atoms with Gasteiger partial charge in [-0.3, -0.25) is 9.69 Å². The number of hydrogen-bond donors (Lipinski definition) is 1. The first-order valence-corrected chi connectivity index (χ1v) is 10.6. The van der Waals surface area contributed by atoms with E-state index >= 15 is 0 Å². The maximum Gasteiger partial charge on any atom is 0.258 e. The second kappa shape index (κ2) is 10.1. The van der Waals surface area contributed by atoms with E-state index in [2.05, 4.69) is 16.0 Å². The Morgan fingerprint density at radius 1 is 0.971 bits per heavy atom. The second-order valence-electron chi connectivity index (χ2n) is 7.82. The molecule has 8 heteroatoms. The van der Waals surface area contributed by atoms with Crippen LogP contribution in [0.2, 0.25) is 0 Å². The molecular weight excluding hydrogens is 435 g/mol. The number of ether oxygens (including phenoxy) is 2. The largest absolute Gasteiger partial charge is 0.493 e. The molecule has 4 aromatic rings. The number of nitriles is 1. The predicted molar refractivity (Wildman–Crippen MR) is 126 cm³/mol. The van der Waals surface area contributed by atoms with Gasteiger partial charge in [-0.15, -0.1) is 0 Å². The van der Waals surface area contributed by atoms with Crippen molar-refractivity contribution in [3.8, 4) is 17.6 Å². The Balaban J connectivity index is 1.67. The van der Waals surface area contributed by atoms with Crippen molar-refractivity contribution >= 4 is 10.9 Å². The van der Waals surface area contributed by atoms with Crippen LogP contribution >= 0.6 is 0 Å². The Morgan fingerprint density at radius 3 is 2.35 bits per heavy atom. The Labute approximate surface area is 196 Å². The Hall–Kier alpha value is -4.22. The molecule has 34 heavy (non-hydrogen) atoms. The van der Waals surface area contributed by atoms with Crippen molar-refractivity contribution in [2.24, 2.45) is 0 Å². The third-order valence-corrected chi connectivity index (χ3v) is 5.42. The van der Waals surface area contributed by atoms with Gasteiger partial charge in [0.25, 0.3) is 5.56 Å². The minimum atomic E-state index is -0.311. The zero-order chi connectivity index (χ0) is 24.1. The monoisotopic (exact) mass is 458 g/mol. The molecule has 0 aliphatic rings. The molecule has 1 heterocycles. The summed E-state index contributed by atoms with van der Waals surface area (Å²) in [5, 5.41) is 9.45. The van der Waals surface area contributed by atoms with Crippen molar-refractivity contribution in [2.45, 2.75) is 19.6 Å². The van der Waals surface area contributed by atoms with Gasteiger partial charge in [-0.05, 0) is 41.5 Å². The molecule has 0 fully saturated rings. The molecule has 172 valence electrons. The van der Waals surface area contributed by atoms with E-state index in [1.54, 1.807) is 30.3 Å². The lowest BCUT2D eigenvalue weighted by molar-refractivity contribution is 0.241. The summed E-state index contributed by atoms with van der Waals surface area (Å²) in [5.74, 6) is 1.08. The molecule has 0 aliphatic heterocycles. The average Bonchev–Trinajstić information content (AvgIpc) is 2.83. The lowest BCUT2D eigenvalue weighted by Crippen LogP contribution is -2.25. The molecule has 0 amide bonds. The topological polar surface area (TPSA) is 91.2 Å². The maximum atomic E-state index is 13.8. The number of H-pyrrole nitrogens is 1. The van der Waals surface area contributed by atoms with Gasteiger partial charge in [0, 0.05) is 19.2 Å². The number of benzene rings is 3. The highest BCUT2D eigenvalue weighted by Crippen LogP contribution is 2.30. The smallest absolute Gasteiger partial charge is 0.258 e. The summed E-state index contributed by atoms with van der Waals surface area (Å²) in [7, 11) is 3.03. The van der Waals surface area contributed by atoms with Gasteiger partial charge in [0.05, 0.1) is 43.3 Å². The lowest BCUT2D eigenvalue weighted by atomic mass is 10.1. The summed E-state index contributed by atoms with van der Waals surface area (Å²) in [6, 6.07) is 19.1. The number of methoxy groups -OCH3 is 2. The van der Waals surface area contributed by atoms with Gasteiger partial charge in [-0.2, -0.15) is 5.26 Å². The molecular formula is C26H23FN4O3. The van der Waals surface area contributed by atoms with Crippen molar-refractivity contribution in [1.82, 2.24) is 14.9 Å². The van der Waals surface area contributed by atoms with E-state index in [-0.39, 0.29) is 11.4 Å². The fourth-order valence-corrected chi connectivity index (χ4v) is 3.81. The van der Waals surface area contributed by atoms with Crippen molar-refractivity contribution in [2.75, 3.05) is 14.2 Å². The number of fused-ring (bicyclic) bond motifs is 1. The van der Waals surface area contributed by atoms with Crippen LogP contribution in [0.15, 0.2) is 65.5 Å². The minimum absolute atomic E-state index is 0.287. The summed E-state index contributed by atoms with van der Waals surface area (Å²) in [5.41, 5.74) is 2.55. The van der Waals surface area contributed by atoms with E-state index in [4.69, 9.17) is 14.7 Å². The predicted octanol–water partition coefficient (Wildman–Crippen LogP) is 4.15. The second-order valence-corrected chi connectivity index (χ2v) is 7.82. The molecule has 7 nitrogen and oxygen atoms in total. The fraction of sp³-hybridized carbons (Fsp3) is 0.192. The minimum Gasteiger partial charge on any atom is -0.493 e. The molecule has 0 saturated heterocycles. The van der Waals surface area contributed by atoms with Crippen LogP contribution in [0, 0.1) is 17.1 Å². The third-order valence-electron chi connectivity index (χ3n) is 5.42. The highest BCUT2D eigenvalue weighted by molar-refractivity contribution is 5.81. The number of aromatic nitrogens is 2. The molecule has 0 saturated carbocycles. The van der Waals surface area contributed by atoms with E-state index in [1.807, 2.05) is 23.1 Å². The zero-order valence-electron chi connectivity index (χ0n) is 18.8. The molecule has 0 aliphatic carbocycles. The molecule has 4 rings (SSSR count). The summed E-state index contributed by atoms with van der Waals surface area (Å²) in [6.07, 6.45) is 0. The van der Waals surface area contributed by atoms with Crippen molar-refractivity contribution in [3.63, 3.8) is 0 Å². The van der Waals surface area contributed by atoms with Crippen LogP contribution in [0.1, 0.15) is 22.5 Å². The van der Waals surface area contributed by atoms with Gasteiger partial charge >= 0.3 is 0 Å². The van der Waals surface area contributed by atoms with E-state index < -0.39 is 0 Å².